The molecule has 104 valence electrons. The van der Waals surface area contributed by atoms with Gasteiger partial charge < -0.3 is 4.98 Å². The second kappa shape index (κ2) is 6.23. The van der Waals surface area contributed by atoms with E-state index < -0.39 is 0 Å². The molecule has 0 radical (unpaired) electrons. The second-order valence-electron chi connectivity index (χ2n) is 5.27. The first-order valence-electron chi connectivity index (χ1n) is 7.33. The summed E-state index contributed by atoms with van der Waals surface area (Å²) in [5, 5.41) is 4.72. The van der Waals surface area contributed by atoms with E-state index in [1.807, 2.05) is 6.20 Å². The molecule has 1 unspecified atom stereocenters. The van der Waals surface area contributed by atoms with Crippen LogP contribution in [0.1, 0.15) is 42.7 Å². The zero-order valence-corrected chi connectivity index (χ0v) is 12.6. The Hall–Kier alpha value is -1.61. The molecule has 1 N–H and O–H groups in total. The average Bonchev–Trinajstić information content (AvgIpc) is 3.13. The van der Waals surface area contributed by atoms with Crippen molar-refractivity contribution in [2.45, 2.75) is 38.5 Å². The van der Waals surface area contributed by atoms with Crippen LogP contribution in [0.5, 0.6) is 0 Å². The van der Waals surface area contributed by atoms with Gasteiger partial charge in [-0.2, -0.15) is 0 Å². The molecule has 3 heteroatoms. The van der Waals surface area contributed by atoms with Crippen LogP contribution in [-0.4, -0.2) is 9.97 Å². The summed E-state index contributed by atoms with van der Waals surface area (Å²) in [6, 6.07) is 8.55. The van der Waals surface area contributed by atoms with Crippen LogP contribution in [0.3, 0.4) is 0 Å². The average molecular weight is 284 g/mol. The number of benzene rings is 1. The summed E-state index contributed by atoms with van der Waals surface area (Å²) in [5.41, 5.74) is 2.65. The van der Waals surface area contributed by atoms with Crippen molar-refractivity contribution in [2.75, 3.05) is 0 Å². The Balaban J connectivity index is 1.85. The molecule has 20 heavy (non-hydrogen) atoms. The molecule has 1 aromatic carbocycles. The van der Waals surface area contributed by atoms with Crippen molar-refractivity contribution in [1.29, 1.82) is 0 Å². The maximum Gasteiger partial charge on any atom is 0.0959 e. The number of unbranched alkanes of at least 4 members (excludes halogenated alkanes) is 1. The van der Waals surface area contributed by atoms with Gasteiger partial charge in [0.25, 0.3) is 0 Å². The molecule has 0 spiro atoms. The van der Waals surface area contributed by atoms with Gasteiger partial charge in [0, 0.05) is 34.6 Å². The quantitative estimate of drug-likeness (QED) is 0.667. The molecular weight excluding hydrogens is 264 g/mol. The Bertz CT molecular complexity index is 655. The smallest absolute Gasteiger partial charge is 0.0959 e. The Kier molecular flexibility index (Phi) is 4.16. The fraction of sp³-hybridized carbons (Fsp3) is 0.353. The molecule has 0 saturated heterocycles. The molecule has 0 aliphatic rings. The van der Waals surface area contributed by atoms with Gasteiger partial charge in [-0.25, -0.2) is 4.98 Å². The van der Waals surface area contributed by atoms with E-state index in [2.05, 4.69) is 52.7 Å². The number of nitrogens with one attached hydrogen (secondary N) is 1. The maximum absolute atomic E-state index is 4.54. The molecule has 3 rings (SSSR count). The van der Waals surface area contributed by atoms with Crippen LogP contribution in [0, 0.1) is 0 Å². The number of H-pyrrole nitrogens is 1. The van der Waals surface area contributed by atoms with Gasteiger partial charge in [0.05, 0.1) is 5.01 Å². The van der Waals surface area contributed by atoms with Crippen LogP contribution in [0.4, 0.5) is 0 Å². The highest BCUT2D eigenvalue weighted by atomic mass is 32.1. The first kappa shape index (κ1) is 13.4. The predicted octanol–water partition coefficient (Wildman–Crippen LogP) is 5.14. The monoisotopic (exact) mass is 284 g/mol. The highest BCUT2D eigenvalue weighted by Gasteiger charge is 2.16. The lowest BCUT2D eigenvalue weighted by Crippen LogP contribution is -2.02. The van der Waals surface area contributed by atoms with Gasteiger partial charge in [0.15, 0.2) is 0 Å². The SMILES string of the molecule is CCCCC(Cc1c[nH]c2ccccc12)c1nccs1. The number of para-hydroxylation sites is 1. The Labute approximate surface area is 123 Å². The largest absolute Gasteiger partial charge is 0.361 e. The number of aromatic amines is 1. The minimum absolute atomic E-state index is 0.550. The molecular formula is C17H20N2S. The number of hydrogen-bond acceptors (Lipinski definition) is 2. The Morgan fingerprint density at radius 1 is 1.30 bits per heavy atom. The third-order valence-corrected chi connectivity index (χ3v) is 4.79. The van der Waals surface area contributed by atoms with Crippen LogP contribution in [0.15, 0.2) is 42.0 Å². The highest BCUT2D eigenvalue weighted by Crippen LogP contribution is 2.30. The molecule has 0 saturated carbocycles. The molecule has 2 heterocycles. The highest BCUT2D eigenvalue weighted by molar-refractivity contribution is 7.09. The lowest BCUT2D eigenvalue weighted by atomic mass is 9.94. The molecule has 1 atom stereocenters. The summed E-state index contributed by atoms with van der Waals surface area (Å²) in [4.78, 5) is 7.92. The van der Waals surface area contributed by atoms with Crippen molar-refractivity contribution in [3.63, 3.8) is 0 Å². The lowest BCUT2D eigenvalue weighted by Gasteiger charge is -2.13. The maximum atomic E-state index is 4.54. The summed E-state index contributed by atoms with van der Waals surface area (Å²) in [6.45, 7) is 2.25. The molecule has 0 aliphatic carbocycles. The summed E-state index contributed by atoms with van der Waals surface area (Å²) in [5.74, 6) is 0.550. The second-order valence-corrected chi connectivity index (χ2v) is 6.20. The normalized spacial score (nSPS) is 12.8. The number of fused-ring (bicyclic) bond motifs is 1. The molecule has 3 aromatic rings. The first-order valence-corrected chi connectivity index (χ1v) is 8.21. The van der Waals surface area contributed by atoms with E-state index >= 15 is 0 Å². The first-order chi connectivity index (χ1) is 9.88. The van der Waals surface area contributed by atoms with Crippen LogP contribution in [-0.2, 0) is 6.42 Å². The zero-order chi connectivity index (χ0) is 13.8. The number of rotatable bonds is 6. The number of nitrogens with zero attached hydrogens (tertiary/aromatic N) is 1. The van der Waals surface area contributed by atoms with Crippen molar-refractivity contribution in [1.82, 2.24) is 9.97 Å². The lowest BCUT2D eigenvalue weighted by molar-refractivity contribution is 0.580. The zero-order valence-electron chi connectivity index (χ0n) is 11.8. The van der Waals surface area contributed by atoms with E-state index in [-0.39, 0.29) is 0 Å². The van der Waals surface area contributed by atoms with Gasteiger partial charge in [-0.1, -0.05) is 38.0 Å². The van der Waals surface area contributed by atoms with Crippen LogP contribution in [0.25, 0.3) is 10.9 Å². The van der Waals surface area contributed by atoms with Gasteiger partial charge in [-0.15, -0.1) is 11.3 Å². The fourth-order valence-electron chi connectivity index (χ4n) is 2.77. The number of hydrogen-bond donors (Lipinski definition) is 1. The molecule has 2 aromatic heterocycles. The van der Waals surface area contributed by atoms with E-state index in [1.165, 1.54) is 40.7 Å². The van der Waals surface area contributed by atoms with Gasteiger partial charge in [-0.05, 0) is 24.5 Å². The standard InChI is InChI=1S/C17H20N2S/c1-2-3-6-13(17-18-9-10-20-17)11-14-12-19-16-8-5-4-7-15(14)16/h4-5,7-10,12-13,19H,2-3,6,11H2,1H3. The Morgan fingerprint density at radius 3 is 3.00 bits per heavy atom. The van der Waals surface area contributed by atoms with E-state index in [0.717, 1.165) is 6.42 Å². The van der Waals surface area contributed by atoms with Gasteiger partial charge in [0.2, 0.25) is 0 Å². The topological polar surface area (TPSA) is 28.7 Å². The van der Waals surface area contributed by atoms with Gasteiger partial charge >= 0.3 is 0 Å². The van der Waals surface area contributed by atoms with Gasteiger partial charge in [-0.3, -0.25) is 0 Å². The van der Waals surface area contributed by atoms with Crippen molar-refractivity contribution < 1.29 is 0 Å². The molecule has 0 aliphatic heterocycles. The molecule has 0 fully saturated rings. The predicted molar refractivity (Wildman–Crippen MR) is 86.4 cm³/mol. The summed E-state index contributed by atoms with van der Waals surface area (Å²) in [7, 11) is 0. The van der Waals surface area contributed by atoms with E-state index in [9.17, 15) is 0 Å². The number of aromatic nitrogens is 2. The Morgan fingerprint density at radius 2 is 2.20 bits per heavy atom. The van der Waals surface area contributed by atoms with E-state index in [0.29, 0.717) is 5.92 Å². The van der Waals surface area contributed by atoms with Crippen LogP contribution >= 0.6 is 11.3 Å². The van der Waals surface area contributed by atoms with Crippen LogP contribution in [0.2, 0.25) is 0 Å². The van der Waals surface area contributed by atoms with Crippen molar-refractivity contribution >= 4 is 22.2 Å². The number of thiazole rings is 1. The summed E-state index contributed by atoms with van der Waals surface area (Å²) < 4.78 is 0. The minimum atomic E-state index is 0.550. The third kappa shape index (κ3) is 2.78. The van der Waals surface area contributed by atoms with E-state index in [1.54, 1.807) is 11.3 Å². The van der Waals surface area contributed by atoms with Crippen molar-refractivity contribution in [3.05, 3.63) is 52.6 Å². The summed E-state index contributed by atoms with van der Waals surface area (Å²) >= 11 is 1.79. The van der Waals surface area contributed by atoms with Crippen LogP contribution < -0.4 is 0 Å². The third-order valence-electron chi connectivity index (χ3n) is 3.85. The minimum Gasteiger partial charge on any atom is -0.361 e. The van der Waals surface area contributed by atoms with Gasteiger partial charge in [0.1, 0.15) is 0 Å². The fourth-order valence-corrected chi connectivity index (χ4v) is 3.54. The van der Waals surface area contributed by atoms with E-state index in [4.69, 9.17) is 0 Å². The molecule has 0 amide bonds. The van der Waals surface area contributed by atoms with Crippen molar-refractivity contribution in [2.24, 2.45) is 0 Å². The summed E-state index contributed by atoms with van der Waals surface area (Å²) in [6.07, 6.45) is 8.91. The molecule has 0 bridgehead atoms. The van der Waals surface area contributed by atoms with Crippen molar-refractivity contribution in [3.8, 4) is 0 Å². The molecule has 2 nitrogen and oxygen atoms in total.